The zero-order valence-electron chi connectivity index (χ0n) is 17.0. The van der Waals surface area contributed by atoms with Gasteiger partial charge in [-0.05, 0) is 36.4 Å². The number of benzene rings is 2. The molecule has 2 amide bonds. The number of nitrogens with one attached hydrogen (secondary N) is 3. The Morgan fingerprint density at radius 2 is 1.77 bits per heavy atom. The standard InChI is InChI=1S/C20H25ClN4O4S/c1-4-25(5-2)30(28,29)16-8-6-7-15(12-16)24-19(26)13-23-18-11-14(20(27)22-3)9-10-17(18)21/h6-12,23H,4-5,13H2,1-3H3,(H,22,27)(H,24,26). The molecule has 0 aliphatic rings. The summed E-state index contributed by atoms with van der Waals surface area (Å²) in [5, 5.41) is 8.43. The number of anilines is 2. The van der Waals surface area contributed by atoms with E-state index in [1.165, 1.54) is 23.5 Å². The van der Waals surface area contributed by atoms with Crippen molar-refractivity contribution in [3.63, 3.8) is 0 Å². The summed E-state index contributed by atoms with van der Waals surface area (Å²) in [4.78, 5) is 24.2. The lowest BCUT2D eigenvalue weighted by Crippen LogP contribution is -2.30. The quantitative estimate of drug-likeness (QED) is 0.542. The first-order valence-corrected chi connectivity index (χ1v) is 11.2. The van der Waals surface area contributed by atoms with Gasteiger partial charge in [-0.15, -0.1) is 0 Å². The van der Waals surface area contributed by atoms with Crippen molar-refractivity contribution in [1.29, 1.82) is 0 Å². The number of amides is 2. The van der Waals surface area contributed by atoms with Crippen molar-refractivity contribution < 1.29 is 18.0 Å². The van der Waals surface area contributed by atoms with Gasteiger partial charge in [0.15, 0.2) is 0 Å². The maximum Gasteiger partial charge on any atom is 0.251 e. The second kappa shape index (κ2) is 10.4. The van der Waals surface area contributed by atoms with Crippen molar-refractivity contribution >= 4 is 44.8 Å². The van der Waals surface area contributed by atoms with Crippen LogP contribution in [-0.4, -0.2) is 51.2 Å². The van der Waals surface area contributed by atoms with Gasteiger partial charge in [0.05, 0.1) is 22.2 Å². The van der Waals surface area contributed by atoms with E-state index in [1.807, 2.05) is 0 Å². The number of halogens is 1. The molecule has 162 valence electrons. The maximum atomic E-state index is 12.6. The van der Waals surface area contributed by atoms with Crippen LogP contribution in [0.3, 0.4) is 0 Å². The monoisotopic (exact) mass is 452 g/mol. The number of hydrogen-bond acceptors (Lipinski definition) is 5. The van der Waals surface area contributed by atoms with Crippen LogP contribution in [0.4, 0.5) is 11.4 Å². The summed E-state index contributed by atoms with van der Waals surface area (Å²) in [5.74, 6) is -0.667. The second-order valence-corrected chi connectivity index (χ2v) is 8.64. The molecule has 0 atom stereocenters. The average molecular weight is 453 g/mol. The Kier molecular flexibility index (Phi) is 8.22. The highest BCUT2D eigenvalue weighted by atomic mass is 35.5. The number of carbonyl (C=O) groups excluding carboxylic acids is 2. The highest BCUT2D eigenvalue weighted by molar-refractivity contribution is 7.89. The van der Waals surface area contributed by atoms with Crippen LogP contribution in [0, 0.1) is 0 Å². The molecule has 2 aromatic rings. The summed E-state index contributed by atoms with van der Waals surface area (Å²) in [6, 6.07) is 10.8. The first-order valence-electron chi connectivity index (χ1n) is 9.38. The number of nitrogens with zero attached hydrogens (tertiary/aromatic N) is 1. The van der Waals surface area contributed by atoms with E-state index in [4.69, 9.17) is 11.6 Å². The third kappa shape index (κ3) is 5.71. The Hall–Kier alpha value is -2.62. The van der Waals surface area contributed by atoms with Gasteiger partial charge in [-0.2, -0.15) is 4.31 Å². The van der Waals surface area contributed by atoms with E-state index in [9.17, 15) is 18.0 Å². The summed E-state index contributed by atoms with van der Waals surface area (Å²) in [7, 11) is -2.10. The van der Waals surface area contributed by atoms with Gasteiger partial charge < -0.3 is 16.0 Å². The van der Waals surface area contributed by atoms with Crippen LogP contribution in [0.2, 0.25) is 5.02 Å². The number of carbonyl (C=O) groups is 2. The van der Waals surface area contributed by atoms with Crippen molar-refractivity contribution in [3.8, 4) is 0 Å². The van der Waals surface area contributed by atoms with Crippen molar-refractivity contribution in [2.24, 2.45) is 0 Å². The summed E-state index contributed by atoms with van der Waals surface area (Å²) in [6.45, 7) is 4.12. The Morgan fingerprint density at radius 1 is 1.07 bits per heavy atom. The molecule has 2 aromatic carbocycles. The van der Waals surface area contributed by atoms with E-state index in [0.717, 1.165) is 0 Å². The first kappa shape index (κ1) is 23.7. The molecular formula is C20H25ClN4O4S. The SMILES string of the molecule is CCN(CC)S(=O)(=O)c1cccc(NC(=O)CNc2cc(C(=O)NC)ccc2Cl)c1. The minimum atomic E-state index is -3.62. The third-order valence-electron chi connectivity index (χ3n) is 4.36. The van der Waals surface area contributed by atoms with E-state index in [0.29, 0.717) is 35.1 Å². The van der Waals surface area contributed by atoms with Crippen molar-refractivity contribution in [2.75, 3.05) is 37.3 Å². The largest absolute Gasteiger partial charge is 0.375 e. The van der Waals surface area contributed by atoms with E-state index < -0.39 is 15.9 Å². The van der Waals surface area contributed by atoms with Crippen LogP contribution < -0.4 is 16.0 Å². The smallest absolute Gasteiger partial charge is 0.251 e. The van der Waals surface area contributed by atoms with Gasteiger partial charge in [0.2, 0.25) is 15.9 Å². The fourth-order valence-electron chi connectivity index (χ4n) is 2.77. The van der Waals surface area contributed by atoms with E-state index in [2.05, 4.69) is 16.0 Å². The topological polar surface area (TPSA) is 108 Å². The number of sulfonamides is 1. The zero-order valence-corrected chi connectivity index (χ0v) is 18.6. The zero-order chi connectivity index (χ0) is 22.3. The maximum absolute atomic E-state index is 12.6. The van der Waals surface area contributed by atoms with Gasteiger partial charge in [-0.3, -0.25) is 9.59 Å². The molecule has 0 aliphatic carbocycles. The first-order chi connectivity index (χ1) is 14.2. The molecule has 8 nitrogen and oxygen atoms in total. The van der Waals surface area contributed by atoms with Crippen LogP contribution in [0.5, 0.6) is 0 Å². The molecule has 2 rings (SSSR count). The molecule has 0 aromatic heterocycles. The Labute approximate surface area is 181 Å². The van der Waals surface area contributed by atoms with Crippen LogP contribution in [0.25, 0.3) is 0 Å². The molecule has 0 bridgehead atoms. The molecule has 10 heteroatoms. The van der Waals surface area contributed by atoms with Gasteiger partial charge in [-0.25, -0.2) is 8.42 Å². The van der Waals surface area contributed by atoms with Crippen LogP contribution in [0.15, 0.2) is 47.4 Å². The minimum Gasteiger partial charge on any atom is -0.375 e. The van der Waals surface area contributed by atoms with Gasteiger partial charge in [0.25, 0.3) is 5.91 Å². The predicted molar refractivity (Wildman–Crippen MR) is 119 cm³/mol. The molecule has 0 saturated carbocycles. The molecule has 30 heavy (non-hydrogen) atoms. The summed E-state index contributed by atoms with van der Waals surface area (Å²) < 4.78 is 26.6. The van der Waals surface area contributed by atoms with Gasteiger partial charge in [0.1, 0.15) is 0 Å². The lowest BCUT2D eigenvalue weighted by molar-refractivity contribution is -0.114. The second-order valence-electron chi connectivity index (χ2n) is 6.29. The van der Waals surface area contributed by atoms with Gasteiger partial charge in [0, 0.05) is 31.4 Å². The molecule has 0 fully saturated rings. The Balaban J connectivity index is 2.09. The van der Waals surface area contributed by atoms with Crippen LogP contribution in [-0.2, 0) is 14.8 Å². The van der Waals surface area contributed by atoms with E-state index in [1.54, 1.807) is 44.2 Å². The lowest BCUT2D eigenvalue weighted by atomic mass is 10.2. The molecule has 3 N–H and O–H groups in total. The van der Waals surface area contributed by atoms with Crippen molar-refractivity contribution in [1.82, 2.24) is 9.62 Å². The Bertz CT molecular complexity index is 1020. The normalized spacial score (nSPS) is 11.2. The van der Waals surface area contributed by atoms with Crippen molar-refractivity contribution in [3.05, 3.63) is 53.1 Å². The van der Waals surface area contributed by atoms with Crippen LogP contribution in [0.1, 0.15) is 24.2 Å². The fourth-order valence-corrected chi connectivity index (χ4v) is 4.46. The minimum absolute atomic E-state index is 0.110. The molecule has 0 heterocycles. The van der Waals surface area contributed by atoms with E-state index in [-0.39, 0.29) is 17.3 Å². The average Bonchev–Trinajstić information content (AvgIpc) is 2.73. The number of rotatable bonds is 9. The Morgan fingerprint density at radius 3 is 2.40 bits per heavy atom. The highest BCUT2D eigenvalue weighted by Gasteiger charge is 2.21. The third-order valence-corrected chi connectivity index (χ3v) is 6.73. The van der Waals surface area contributed by atoms with Crippen LogP contribution >= 0.6 is 11.6 Å². The molecule has 0 radical (unpaired) electrons. The highest BCUT2D eigenvalue weighted by Crippen LogP contribution is 2.23. The van der Waals surface area contributed by atoms with E-state index >= 15 is 0 Å². The lowest BCUT2D eigenvalue weighted by Gasteiger charge is -2.19. The summed E-state index contributed by atoms with van der Waals surface area (Å²) >= 11 is 6.12. The molecule has 0 unspecified atom stereocenters. The molecule has 0 spiro atoms. The summed E-state index contributed by atoms with van der Waals surface area (Å²) in [6.07, 6.45) is 0. The molecule has 0 saturated heterocycles. The van der Waals surface area contributed by atoms with Gasteiger partial charge in [-0.1, -0.05) is 31.5 Å². The fraction of sp³-hybridized carbons (Fsp3) is 0.300. The van der Waals surface area contributed by atoms with Crippen molar-refractivity contribution in [2.45, 2.75) is 18.7 Å². The number of hydrogen-bond donors (Lipinski definition) is 3. The summed E-state index contributed by atoms with van der Waals surface area (Å²) in [5.41, 5.74) is 1.20. The predicted octanol–water partition coefficient (Wildman–Crippen LogP) is 2.78. The van der Waals surface area contributed by atoms with Gasteiger partial charge >= 0.3 is 0 Å². The molecular weight excluding hydrogens is 428 g/mol. The molecule has 0 aliphatic heterocycles.